The van der Waals surface area contributed by atoms with E-state index in [0.717, 1.165) is 41.1 Å². The summed E-state index contributed by atoms with van der Waals surface area (Å²) >= 11 is 3.52. The van der Waals surface area contributed by atoms with Crippen LogP contribution >= 0.6 is 15.9 Å². The fourth-order valence-electron chi connectivity index (χ4n) is 2.44. The van der Waals surface area contributed by atoms with Gasteiger partial charge >= 0.3 is 0 Å². The third kappa shape index (κ3) is 3.10. The number of rotatable bonds is 5. The lowest BCUT2D eigenvalue weighted by atomic mass is 9.94. The third-order valence-corrected chi connectivity index (χ3v) is 4.67. The first kappa shape index (κ1) is 15.6. The van der Waals surface area contributed by atoms with Gasteiger partial charge in [0.15, 0.2) is 11.5 Å². The van der Waals surface area contributed by atoms with E-state index in [0.29, 0.717) is 0 Å². The molecule has 1 aromatic rings. The zero-order valence-corrected chi connectivity index (χ0v) is 14.0. The summed E-state index contributed by atoms with van der Waals surface area (Å²) in [6.07, 6.45) is 1.26. The minimum Gasteiger partial charge on any atom is -0.493 e. The van der Waals surface area contributed by atoms with Crippen LogP contribution in [0.25, 0.3) is 0 Å². The van der Waals surface area contributed by atoms with Gasteiger partial charge in [-0.2, -0.15) is 0 Å². The van der Waals surface area contributed by atoms with Crippen LogP contribution in [0, 0.1) is 0 Å². The molecule has 4 nitrogen and oxygen atoms in total. The second-order valence-corrected chi connectivity index (χ2v) is 6.20. The number of hydrogen-bond acceptors (Lipinski definition) is 4. The van der Waals surface area contributed by atoms with Gasteiger partial charge in [-0.1, -0.05) is 0 Å². The molecule has 0 saturated carbocycles. The summed E-state index contributed by atoms with van der Waals surface area (Å²) in [6.45, 7) is 5.91. The largest absolute Gasteiger partial charge is 0.493 e. The smallest absolute Gasteiger partial charge is 0.174 e. The molecule has 2 atom stereocenters. The Bertz CT molecular complexity index is 480. The van der Waals surface area contributed by atoms with Crippen LogP contribution in [0.5, 0.6) is 11.5 Å². The maximum Gasteiger partial charge on any atom is 0.174 e. The van der Waals surface area contributed by atoms with E-state index in [1.807, 2.05) is 6.07 Å². The molecule has 0 radical (unpaired) electrons. The molecule has 1 aliphatic rings. The van der Waals surface area contributed by atoms with Gasteiger partial charge in [0, 0.05) is 18.7 Å². The van der Waals surface area contributed by atoms with Crippen molar-refractivity contribution in [3.8, 4) is 11.5 Å². The summed E-state index contributed by atoms with van der Waals surface area (Å²) < 4.78 is 17.2. The van der Waals surface area contributed by atoms with Crippen molar-refractivity contribution in [2.75, 3.05) is 20.8 Å². The van der Waals surface area contributed by atoms with Crippen molar-refractivity contribution in [3.63, 3.8) is 0 Å². The highest BCUT2D eigenvalue weighted by atomic mass is 79.9. The molecule has 0 bridgehead atoms. The molecule has 0 spiro atoms. The SMILES string of the molecule is COc1cc(CNC2(C)CCOC2C)cc(Br)c1OC. The second-order valence-electron chi connectivity index (χ2n) is 5.35. The molecular formula is C15H22BrNO3. The summed E-state index contributed by atoms with van der Waals surface area (Å²) in [5, 5.41) is 3.60. The first-order valence-corrected chi connectivity index (χ1v) is 7.56. The van der Waals surface area contributed by atoms with Gasteiger partial charge in [-0.3, -0.25) is 0 Å². The Hall–Kier alpha value is -0.780. The van der Waals surface area contributed by atoms with Crippen molar-refractivity contribution in [1.82, 2.24) is 5.32 Å². The summed E-state index contributed by atoms with van der Waals surface area (Å²) in [4.78, 5) is 0. The average Bonchev–Trinajstić information content (AvgIpc) is 2.76. The van der Waals surface area contributed by atoms with E-state index < -0.39 is 0 Å². The van der Waals surface area contributed by atoms with Gasteiger partial charge in [0.1, 0.15) is 0 Å². The van der Waals surface area contributed by atoms with E-state index in [1.165, 1.54) is 0 Å². The standard InChI is InChI=1S/C15H22BrNO3/c1-10-15(2,5-6-20-10)17-9-11-7-12(16)14(19-4)13(8-11)18-3/h7-8,10,17H,5-6,9H2,1-4H3. The Morgan fingerprint density at radius 2 is 2.15 bits per heavy atom. The van der Waals surface area contributed by atoms with Crippen LogP contribution in [0.2, 0.25) is 0 Å². The molecule has 0 amide bonds. The lowest BCUT2D eigenvalue weighted by Crippen LogP contribution is -2.47. The first-order valence-electron chi connectivity index (χ1n) is 6.77. The summed E-state index contributed by atoms with van der Waals surface area (Å²) in [5.74, 6) is 1.46. The molecule has 0 aromatic heterocycles. The molecular weight excluding hydrogens is 322 g/mol. The van der Waals surface area contributed by atoms with Crippen LogP contribution in [0.3, 0.4) is 0 Å². The molecule has 1 saturated heterocycles. The molecule has 2 unspecified atom stereocenters. The van der Waals surface area contributed by atoms with Crippen LogP contribution in [-0.4, -0.2) is 32.5 Å². The molecule has 2 rings (SSSR count). The number of halogens is 1. The molecule has 5 heteroatoms. The van der Waals surface area contributed by atoms with Crippen LogP contribution in [-0.2, 0) is 11.3 Å². The molecule has 1 fully saturated rings. The lowest BCUT2D eigenvalue weighted by molar-refractivity contribution is 0.0881. The second kappa shape index (κ2) is 6.33. The summed E-state index contributed by atoms with van der Waals surface area (Å²) in [5.41, 5.74) is 1.18. The van der Waals surface area contributed by atoms with Crippen molar-refractivity contribution >= 4 is 15.9 Å². The molecule has 1 aromatic carbocycles. The van der Waals surface area contributed by atoms with Crippen molar-refractivity contribution in [3.05, 3.63) is 22.2 Å². The van der Waals surface area contributed by atoms with E-state index in [1.54, 1.807) is 14.2 Å². The highest BCUT2D eigenvalue weighted by molar-refractivity contribution is 9.10. The van der Waals surface area contributed by atoms with Gasteiger partial charge in [0.25, 0.3) is 0 Å². The number of hydrogen-bond donors (Lipinski definition) is 1. The van der Waals surface area contributed by atoms with Crippen LogP contribution in [0.1, 0.15) is 25.8 Å². The highest BCUT2D eigenvalue weighted by Crippen LogP contribution is 2.36. The Labute approximate surface area is 128 Å². The van der Waals surface area contributed by atoms with Crippen molar-refractivity contribution < 1.29 is 14.2 Å². The van der Waals surface area contributed by atoms with Crippen LogP contribution in [0.4, 0.5) is 0 Å². The first-order chi connectivity index (χ1) is 9.50. The number of ether oxygens (including phenoxy) is 3. The van der Waals surface area contributed by atoms with E-state index in [2.05, 4.69) is 41.2 Å². The highest BCUT2D eigenvalue weighted by Gasteiger charge is 2.36. The molecule has 20 heavy (non-hydrogen) atoms. The Morgan fingerprint density at radius 1 is 1.40 bits per heavy atom. The fraction of sp³-hybridized carbons (Fsp3) is 0.600. The van der Waals surface area contributed by atoms with Crippen LogP contribution in [0.15, 0.2) is 16.6 Å². The maximum atomic E-state index is 5.65. The number of methoxy groups -OCH3 is 2. The molecule has 1 N–H and O–H groups in total. The zero-order valence-electron chi connectivity index (χ0n) is 12.5. The van der Waals surface area contributed by atoms with Gasteiger partial charge in [-0.05, 0) is 53.9 Å². The van der Waals surface area contributed by atoms with Gasteiger partial charge in [-0.15, -0.1) is 0 Å². The number of benzene rings is 1. The molecule has 1 heterocycles. The Morgan fingerprint density at radius 3 is 2.70 bits per heavy atom. The van der Waals surface area contributed by atoms with Crippen molar-refractivity contribution in [2.24, 2.45) is 0 Å². The minimum absolute atomic E-state index is 0.0274. The van der Waals surface area contributed by atoms with E-state index in [9.17, 15) is 0 Å². The third-order valence-electron chi connectivity index (χ3n) is 4.08. The fourth-order valence-corrected chi connectivity index (χ4v) is 3.10. The lowest BCUT2D eigenvalue weighted by Gasteiger charge is -2.29. The maximum absolute atomic E-state index is 5.65. The van der Waals surface area contributed by atoms with Crippen LogP contribution < -0.4 is 14.8 Å². The Balaban J connectivity index is 2.12. The molecule has 1 aliphatic heterocycles. The minimum atomic E-state index is 0.0274. The van der Waals surface area contributed by atoms with E-state index >= 15 is 0 Å². The van der Waals surface area contributed by atoms with Crippen molar-refractivity contribution in [1.29, 1.82) is 0 Å². The monoisotopic (exact) mass is 343 g/mol. The summed E-state index contributed by atoms with van der Waals surface area (Å²) in [6, 6.07) is 4.05. The number of nitrogens with one attached hydrogen (secondary N) is 1. The topological polar surface area (TPSA) is 39.7 Å². The quantitative estimate of drug-likeness (QED) is 0.891. The van der Waals surface area contributed by atoms with Gasteiger partial charge in [-0.25, -0.2) is 0 Å². The van der Waals surface area contributed by atoms with Gasteiger partial charge in [0.2, 0.25) is 0 Å². The predicted octanol–water partition coefficient (Wildman–Crippen LogP) is 3.12. The molecule has 112 valence electrons. The normalized spacial score (nSPS) is 25.8. The van der Waals surface area contributed by atoms with E-state index in [4.69, 9.17) is 14.2 Å². The van der Waals surface area contributed by atoms with E-state index in [-0.39, 0.29) is 11.6 Å². The molecule has 0 aliphatic carbocycles. The summed E-state index contributed by atoms with van der Waals surface area (Å²) in [7, 11) is 3.29. The predicted molar refractivity (Wildman–Crippen MR) is 82.5 cm³/mol. The van der Waals surface area contributed by atoms with Crippen molar-refractivity contribution in [2.45, 2.75) is 38.5 Å². The average molecular weight is 344 g/mol. The van der Waals surface area contributed by atoms with Gasteiger partial charge in [0.05, 0.1) is 24.8 Å². The zero-order chi connectivity index (χ0) is 14.8. The Kier molecular flexibility index (Phi) is 4.94. The van der Waals surface area contributed by atoms with Gasteiger partial charge < -0.3 is 19.5 Å².